The van der Waals surface area contributed by atoms with Gasteiger partial charge in [0.25, 0.3) is 0 Å². The van der Waals surface area contributed by atoms with Crippen molar-refractivity contribution in [1.82, 2.24) is 4.37 Å². The monoisotopic (exact) mass is 329 g/mol. The first-order valence-corrected chi connectivity index (χ1v) is 7.90. The fourth-order valence-corrected chi connectivity index (χ4v) is 4.00. The largest absolute Gasteiger partial charge is 0.383 e. The predicted molar refractivity (Wildman–Crippen MR) is 77.8 cm³/mol. The van der Waals surface area contributed by atoms with Gasteiger partial charge < -0.3 is 11.1 Å². The zero-order valence-corrected chi connectivity index (χ0v) is 12.3. The third-order valence-corrected chi connectivity index (χ3v) is 5.32. The van der Waals surface area contributed by atoms with Gasteiger partial charge in [-0.15, -0.1) is 11.3 Å². The molecule has 1 saturated carbocycles. The number of hydrogen-bond acceptors (Lipinski definition) is 5. The van der Waals surface area contributed by atoms with Crippen LogP contribution in [-0.4, -0.2) is 4.37 Å². The van der Waals surface area contributed by atoms with E-state index in [4.69, 9.17) is 5.73 Å². The molecule has 2 heterocycles. The van der Waals surface area contributed by atoms with E-state index >= 15 is 0 Å². The van der Waals surface area contributed by atoms with Crippen molar-refractivity contribution in [3.05, 3.63) is 26.4 Å². The number of aromatic nitrogens is 1. The summed E-state index contributed by atoms with van der Waals surface area (Å²) in [5.74, 6) is 1.36. The van der Waals surface area contributed by atoms with Crippen LogP contribution in [0.2, 0.25) is 0 Å². The van der Waals surface area contributed by atoms with Crippen LogP contribution in [0.4, 0.5) is 10.8 Å². The molecule has 6 heteroatoms. The molecule has 2 aromatic heterocycles. The van der Waals surface area contributed by atoms with E-state index in [1.54, 1.807) is 11.3 Å². The van der Waals surface area contributed by atoms with Gasteiger partial charge in [0.05, 0.1) is 6.54 Å². The van der Waals surface area contributed by atoms with Gasteiger partial charge in [-0.3, -0.25) is 0 Å². The minimum atomic E-state index is 0.645. The molecule has 1 fully saturated rings. The summed E-state index contributed by atoms with van der Waals surface area (Å²) in [7, 11) is 0. The predicted octanol–water partition coefficient (Wildman–Crippen LogP) is 4.04. The summed E-state index contributed by atoms with van der Waals surface area (Å²) in [6.45, 7) is 0.845. The standard InChI is InChI=1S/C11H12BrN3S2/c12-7-3-8(16-5-7)4-14-11-9(6-1-2-6)10(13)15-17-11/h3,5-6,14H,1-2,4H2,(H2,13,15). The van der Waals surface area contributed by atoms with Crippen molar-refractivity contribution in [2.75, 3.05) is 11.1 Å². The maximum Gasteiger partial charge on any atom is 0.142 e. The van der Waals surface area contributed by atoms with E-state index in [-0.39, 0.29) is 0 Å². The molecule has 2 aromatic rings. The average molecular weight is 330 g/mol. The molecule has 3 N–H and O–H groups in total. The van der Waals surface area contributed by atoms with Crippen LogP contribution in [0.1, 0.15) is 29.2 Å². The third-order valence-electron chi connectivity index (χ3n) is 2.79. The minimum Gasteiger partial charge on any atom is -0.383 e. The molecule has 0 saturated heterocycles. The van der Waals surface area contributed by atoms with Crippen LogP contribution in [0.15, 0.2) is 15.9 Å². The Morgan fingerprint density at radius 1 is 1.53 bits per heavy atom. The second kappa shape index (κ2) is 4.59. The van der Waals surface area contributed by atoms with Crippen LogP contribution in [-0.2, 0) is 6.54 Å². The summed E-state index contributed by atoms with van der Waals surface area (Å²) in [4.78, 5) is 1.31. The van der Waals surface area contributed by atoms with E-state index in [0.717, 1.165) is 16.0 Å². The summed E-state index contributed by atoms with van der Waals surface area (Å²) in [5.41, 5.74) is 7.15. The quantitative estimate of drug-likeness (QED) is 0.889. The SMILES string of the molecule is Nc1nsc(NCc2cc(Br)cs2)c1C1CC1. The lowest BCUT2D eigenvalue weighted by Crippen LogP contribution is -1.99. The fraction of sp³-hybridized carbons (Fsp3) is 0.364. The van der Waals surface area contributed by atoms with Gasteiger partial charge >= 0.3 is 0 Å². The second-order valence-electron chi connectivity index (χ2n) is 4.17. The lowest BCUT2D eigenvalue weighted by atomic mass is 10.2. The Morgan fingerprint density at radius 2 is 2.35 bits per heavy atom. The first-order chi connectivity index (χ1) is 8.24. The summed E-state index contributed by atoms with van der Waals surface area (Å²) in [6, 6.07) is 2.14. The van der Waals surface area contributed by atoms with Gasteiger partial charge in [-0.1, -0.05) is 0 Å². The summed E-state index contributed by atoms with van der Waals surface area (Å²) >= 11 is 6.69. The van der Waals surface area contributed by atoms with E-state index in [9.17, 15) is 0 Å². The van der Waals surface area contributed by atoms with Crippen molar-refractivity contribution < 1.29 is 0 Å². The van der Waals surface area contributed by atoms with Gasteiger partial charge in [0.15, 0.2) is 0 Å². The molecule has 0 unspecified atom stereocenters. The van der Waals surface area contributed by atoms with Crippen molar-refractivity contribution in [2.24, 2.45) is 0 Å². The van der Waals surface area contributed by atoms with Crippen molar-refractivity contribution >= 4 is 49.6 Å². The fourth-order valence-electron chi connectivity index (χ4n) is 1.82. The Labute approximate surface area is 116 Å². The minimum absolute atomic E-state index is 0.645. The van der Waals surface area contributed by atoms with Crippen LogP contribution >= 0.6 is 38.8 Å². The number of nitrogens with one attached hydrogen (secondary N) is 1. The molecule has 17 heavy (non-hydrogen) atoms. The van der Waals surface area contributed by atoms with Gasteiger partial charge in [0.1, 0.15) is 10.8 Å². The molecular weight excluding hydrogens is 318 g/mol. The Balaban J connectivity index is 1.72. The topological polar surface area (TPSA) is 50.9 Å². The van der Waals surface area contributed by atoms with Gasteiger partial charge in [-0.05, 0) is 52.3 Å². The average Bonchev–Trinajstić information content (AvgIpc) is 2.95. The summed E-state index contributed by atoms with van der Waals surface area (Å²) < 4.78 is 5.39. The highest BCUT2D eigenvalue weighted by Gasteiger charge is 2.30. The molecule has 0 spiro atoms. The molecule has 3 nitrogen and oxygen atoms in total. The number of hydrogen-bond donors (Lipinski definition) is 2. The molecule has 0 bridgehead atoms. The van der Waals surface area contributed by atoms with E-state index in [1.165, 1.54) is 34.8 Å². The first kappa shape index (κ1) is 11.5. The third kappa shape index (κ3) is 2.48. The molecule has 0 amide bonds. The van der Waals surface area contributed by atoms with Crippen molar-refractivity contribution in [3.8, 4) is 0 Å². The lowest BCUT2D eigenvalue weighted by molar-refractivity contribution is 1.11. The van der Waals surface area contributed by atoms with Crippen molar-refractivity contribution in [1.29, 1.82) is 0 Å². The summed E-state index contributed by atoms with van der Waals surface area (Å²) in [6.07, 6.45) is 2.50. The molecule has 3 rings (SSSR count). The molecule has 0 aromatic carbocycles. The molecule has 0 radical (unpaired) electrons. The second-order valence-corrected chi connectivity index (χ2v) is 6.85. The Hall–Kier alpha value is -0.590. The van der Waals surface area contributed by atoms with Crippen LogP contribution < -0.4 is 11.1 Å². The van der Waals surface area contributed by atoms with Crippen LogP contribution in [0, 0.1) is 0 Å². The first-order valence-electron chi connectivity index (χ1n) is 5.46. The normalized spacial score (nSPS) is 15.1. The van der Waals surface area contributed by atoms with Gasteiger partial charge in [-0.25, -0.2) is 0 Å². The number of nitrogens with two attached hydrogens (primary N) is 1. The Kier molecular flexibility index (Phi) is 3.10. The molecular formula is C11H12BrN3S2. The van der Waals surface area contributed by atoms with Crippen LogP contribution in [0.3, 0.4) is 0 Å². The zero-order valence-electron chi connectivity index (χ0n) is 9.07. The molecule has 1 aliphatic carbocycles. The maximum atomic E-state index is 5.91. The van der Waals surface area contributed by atoms with Gasteiger partial charge in [-0.2, -0.15) is 4.37 Å². The van der Waals surface area contributed by atoms with Crippen molar-refractivity contribution in [2.45, 2.75) is 25.3 Å². The molecule has 1 aliphatic rings. The van der Waals surface area contributed by atoms with Crippen LogP contribution in [0.5, 0.6) is 0 Å². The molecule has 0 aliphatic heterocycles. The number of nitrogen functional groups attached to an aromatic ring is 1. The van der Waals surface area contributed by atoms with E-state index in [2.05, 4.69) is 37.1 Å². The smallest absolute Gasteiger partial charge is 0.142 e. The van der Waals surface area contributed by atoms with Crippen LogP contribution in [0.25, 0.3) is 0 Å². The highest BCUT2D eigenvalue weighted by molar-refractivity contribution is 9.10. The molecule has 90 valence electrons. The Morgan fingerprint density at radius 3 is 3.00 bits per heavy atom. The number of anilines is 2. The zero-order chi connectivity index (χ0) is 11.8. The van der Waals surface area contributed by atoms with E-state index in [0.29, 0.717) is 11.7 Å². The highest BCUT2D eigenvalue weighted by atomic mass is 79.9. The van der Waals surface area contributed by atoms with E-state index in [1.807, 2.05) is 0 Å². The molecule has 0 atom stereocenters. The number of thiophene rings is 1. The number of rotatable bonds is 4. The lowest BCUT2D eigenvalue weighted by Gasteiger charge is -2.04. The summed E-state index contributed by atoms with van der Waals surface area (Å²) in [5, 5.41) is 6.70. The number of nitrogens with zero attached hydrogens (tertiary/aromatic N) is 1. The van der Waals surface area contributed by atoms with Gasteiger partial charge in [0.2, 0.25) is 0 Å². The van der Waals surface area contributed by atoms with Gasteiger partial charge in [0, 0.05) is 20.3 Å². The Bertz CT molecular complexity index is 531. The van der Waals surface area contributed by atoms with Crippen molar-refractivity contribution in [3.63, 3.8) is 0 Å². The number of halogens is 1. The maximum absolute atomic E-state index is 5.91. The van der Waals surface area contributed by atoms with E-state index < -0.39 is 0 Å². The highest BCUT2D eigenvalue weighted by Crippen LogP contribution is 2.47.